The van der Waals surface area contributed by atoms with Crippen LogP contribution in [0, 0.1) is 5.92 Å². The maximum absolute atomic E-state index is 12.5. The number of benzene rings is 1. The number of hydrogen-bond acceptors (Lipinski definition) is 2. The largest absolute Gasteiger partial charge is 0.341 e. The summed E-state index contributed by atoms with van der Waals surface area (Å²) in [5.41, 5.74) is 0.886. The van der Waals surface area contributed by atoms with Gasteiger partial charge in [-0.2, -0.15) is 0 Å². The van der Waals surface area contributed by atoms with E-state index in [9.17, 15) is 4.79 Å². The highest BCUT2D eigenvalue weighted by Gasteiger charge is 2.27. The van der Waals surface area contributed by atoms with Crippen LogP contribution in [0.4, 0.5) is 0 Å². The predicted octanol–water partition coefficient (Wildman–Crippen LogP) is 3.34. The Labute approximate surface area is 130 Å². The van der Waals surface area contributed by atoms with Gasteiger partial charge in [0.25, 0.3) is 0 Å². The standard InChI is InChI=1S/C15H20Cl2N2O/c1-10-8-11(6-7-18-10)15(20)19(2)9-12-4-3-5-13(16)14(12)17/h3-5,10-11,18H,6-9H2,1-2H3. The van der Waals surface area contributed by atoms with E-state index in [0.29, 0.717) is 22.6 Å². The monoisotopic (exact) mass is 314 g/mol. The van der Waals surface area contributed by atoms with Crippen molar-refractivity contribution in [2.24, 2.45) is 5.92 Å². The molecular weight excluding hydrogens is 295 g/mol. The highest BCUT2D eigenvalue weighted by molar-refractivity contribution is 6.42. The Morgan fingerprint density at radius 2 is 2.20 bits per heavy atom. The van der Waals surface area contributed by atoms with Crippen LogP contribution in [-0.2, 0) is 11.3 Å². The second-order valence-corrected chi connectivity index (χ2v) is 6.27. The van der Waals surface area contributed by atoms with Crippen LogP contribution in [0.2, 0.25) is 10.0 Å². The Balaban J connectivity index is 2.02. The van der Waals surface area contributed by atoms with Crippen LogP contribution in [0.3, 0.4) is 0 Å². The number of nitrogens with zero attached hydrogens (tertiary/aromatic N) is 1. The number of halogens is 2. The predicted molar refractivity (Wildman–Crippen MR) is 83.1 cm³/mol. The molecule has 1 aromatic carbocycles. The molecule has 20 heavy (non-hydrogen) atoms. The van der Waals surface area contributed by atoms with Gasteiger partial charge in [-0.05, 0) is 37.9 Å². The third-order valence-electron chi connectivity index (χ3n) is 3.79. The van der Waals surface area contributed by atoms with Crippen molar-refractivity contribution in [2.75, 3.05) is 13.6 Å². The molecule has 3 nitrogen and oxygen atoms in total. The molecule has 110 valence electrons. The van der Waals surface area contributed by atoms with Crippen LogP contribution in [-0.4, -0.2) is 30.4 Å². The molecule has 0 aliphatic carbocycles. The molecule has 1 fully saturated rings. The zero-order chi connectivity index (χ0) is 14.7. The first kappa shape index (κ1) is 15.6. The summed E-state index contributed by atoms with van der Waals surface area (Å²) in [5.74, 6) is 0.295. The van der Waals surface area contributed by atoms with E-state index in [0.717, 1.165) is 24.9 Å². The topological polar surface area (TPSA) is 32.3 Å². The van der Waals surface area contributed by atoms with Gasteiger partial charge < -0.3 is 10.2 Å². The maximum atomic E-state index is 12.5. The number of rotatable bonds is 3. The lowest BCUT2D eigenvalue weighted by Crippen LogP contribution is -2.42. The van der Waals surface area contributed by atoms with E-state index in [1.54, 1.807) is 11.0 Å². The lowest BCUT2D eigenvalue weighted by atomic mass is 9.92. The van der Waals surface area contributed by atoms with Gasteiger partial charge in [0.1, 0.15) is 0 Å². The average molecular weight is 315 g/mol. The quantitative estimate of drug-likeness (QED) is 0.928. The van der Waals surface area contributed by atoms with Crippen molar-refractivity contribution >= 4 is 29.1 Å². The molecule has 1 amide bonds. The first-order valence-corrected chi connectivity index (χ1v) is 7.66. The second kappa shape index (κ2) is 6.79. The lowest BCUT2D eigenvalue weighted by Gasteiger charge is -2.30. The molecule has 1 N–H and O–H groups in total. The second-order valence-electron chi connectivity index (χ2n) is 5.48. The first-order valence-electron chi connectivity index (χ1n) is 6.90. The SMILES string of the molecule is CC1CC(C(=O)N(C)Cc2cccc(Cl)c2Cl)CCN1. The molecule has 2 rings (SSSR count). The van der Waals surface area contributed by atoms with Crippen molar-refractivity contribution in [2.45, 2.75) is 32.4 Å². The minimum atomic E-state index is 0.106. The molecule has 2 unspecified atom stereocenters. The average Bonchev–Trinajstić information content (AvgIpc) is 2.43. The zero-order valence-electron chi connectivity index (χ0n) is 11.8. The molecule has 5 heteroatoms. The number of carbonyl (C=O) groups is 1. The highest BCUT2D eigenvalue weighted by Crippen LogP contribution is 2.27. The summed E-state index contributed by atoms with van der Waals surface area (Å²) < 4.78 is 0. The van der Waals surface area contributed by atoms with Gasteiger partial charge in [-0.3, -0.25) is 4.79 Å². The van der Waals surface area contributed by atoms with Crippen molar-refractivity contribution in [1.29, 1.82) is 0 Å². The summed E-state index contributed by atoms with van der Waals surface area (Å²) in [7, 11) is 1.83. The third kappa shape index (κ3) is 3.66. The smallest absolute Gasteiger partial charge is 0.225 e. The van der Waals surface area contributed by atoms with Gasteiger partial charge in [0.15, 0.2) is 0 Å². The molecule has 2 atom stereocenters. The number of piperidine rings is 1. The van der Waals surface area contributed by atoms with Gasteiger partial charge in [0.05, 0.1) is 10.0 Å². The molecule has 0 bridgehead atoms. The number of hydrogen-bond donors (Lipinski definition) is 1. The summed E-state index contributed by atoms with van der Waals surface area (Å²) in [5, 5.41) is 4.43. The lowest BCUT2D eigenvalue weighted by molar-refractivity contribution is -0.135. The van der Waals surface area contributed by atoms with Crippen LogP contribution in [0.25, 0.3) is 0 Å². The first-order chi connectivity index (χ1) is 9.49. The van der Waals surface area contributed by atoms with Crippen molar-refractivity contribution in [3.05, 3.63) is 33.8 Å². The van der Waals surface area contributed by atoms with Crippen LogP contribution in [0.5, 0.6) is 0 Å². The molecule has 1 aliphatic heterocycles. The summed E-state index contributed by atoms with van der Waals surface area (Å²) in [6, 6.07) is 5.92. The van der Waals surface area contributed by atoms with Gasteiger partial charge >= 0.3 is 0 Å². The molecule has 1 aromatic rings. The Kier molecular flexibility index (Phi) is 5.30. The van der Waals surface area contributed by atoms with E-state index >= 15 is 0 Å². The fourth-order valence-corrected chi connectivity index (χ4v) is 3.05. The molecule has 0 radical (unpaired) electrons. The summed E-state index contributed by atoms with van der Waals surface area (Å²) in [4.78, 5) is 14.2. The Morgan fingerprint density at radius 3 is 2.90 bits per heavy atom. The van der Waals surface area contributed by atoms with Crippen LogP contribution in [0.1, 0.15) is 25.3 Å². The molecular formula is C15H20Cl2N2O. The van der Waals surface area contributed by atoms with Crippen LogP contribution < -0.4 is 5.32 Å². The minimum Gasteiger partial charge on any atom is -0.341 e. The Bertz CT molecular complexity index is 493. The van der Waals surface area contributed by atoms with E-state index in [4.69, 9.17) is 23.2 Å². The van der Waals surface area contributed by atoms with Crippen LogP contribution >= 0.6 is 23.2 Å². The Hall–Kier alpha value is -0.770. The summed E-state index contributed by atoms with van der Waals surface area (Å²) in [6.45, 7) is 3.52. The van der Waals surface area contributed by atoms with Gasteiger partial charge in [-0.15, -0.1) is 0 Å². The van der Waals surface area contributed by atoms with Gasteiger partial charge in [0, 0.05) is 25.6 Å². The fraction of sp³-hybridized carbons (Fsp3) is 0.533. The molecule has 1 heterocycles. The zero-order valence-corrected chi connectivity index (χ0v) is 13.3. The van der Waals surface area contributed by atoms with Crippen molar-refractivity contribution in [1.82, 2.24) is 10.2 Å². The number of amides is 1. The number of carbonyl (C=O) groups excluding carboxylic acids is 1. The van der Waals surface area contributed by atoms with E-state index in [1.165, 1.54) is 0 Å². The van der Waals surface area contributed by atoms with Gasteiger partial charge in [-0.1, -0.05) is 35.3 Å². The van der Waals surface area contributed by atoms with Crippen LogP contribution in [0.15, 0.2) is 18.2 Å². The van der Waals surface area contributed by atoms with Crippen molar-refractivity contribution < 1.29 is 4.79 Å². The molecule has 0 saturated carbocycles. The summed E-state index contributed by atoms with van der Waals surface area (Å²) in [6.07, 6.45) is 1.79. The van der Waals surface area contributed by atoms with E-state index < -0.39 is 0 Å². The third-order valence-corrected chi connectivity index (χ3v) is 4.65. The fourth-order valence-electron chi connectivity index (χ4n) is 2.67. The van der Waals surface area contributed by atoms with E-state index in [1.807, 2.05) is 19.2 Å². The minimum absolute atomic E-state index is 0.106. The van der Waals surface area contributed by atoms with E-state index in [2.05, 4.69) is 12.2 Å². The molecule has 0 spiro atoms. The van der Waals surface area contributed by atoms with Gasteiger partial charge in [-0.25, -0.2) is 0 Å². The van der Waals surface area contributed by atoms with Crippen molar-refractivity contribution in [3.63, 3.8) is 0 Å². The van der Waals surface area contributed by atoms with Gasteiger partial charge in [0.2, 0.25) is 5.91 Å². The Morgan fingerprint density at radius 1 is 1.45 bits per heavy atom. The molecule has 1 aliphatic rings. The highest BCUT2D eigenvalue weighted by atomic mass is 35.5. The number of nitrogens with one attached hydrogen (secondary N) is 1. The summed E-state index contributed by atoms with van der Waals surface area (Å²) >= 11 is 12.2. The van der Waals surface area contributed by atoms with E-state index in [-0.39, 0.29) is 11.8 Å². The molecule has 0 aromatic heterocycles. The normalized spacial score (nSPS) is 22.6. The maximum Gasteiger partial charge on any atom is 0.225 e. The molecule has 1 saturated heterocycles. The van der Waals surface area contributed by atoms with Crippen molar-refractivity contribution in [3.8, 4) is 0 Å².